The van der Waals surface area contributed by atoms with E-state index in [-0.39, 0.29) is 5.60 Å². The van der Waals surface area contributed by atoms with Gasteiger partial charge in [0.1, 0.15) is 11.4 Å². The standard InChI is InChI=1S/C17H27NO/c1-4-9-18-10-8-17(6-5-7-17)19-16-12-14(2)11-15(3)13-16/h11-13,18H,4-10H2,1-3H3. The summed E-state index contributed by atoms with van der Waals surface area (Å²) in [5, 5.41) is 3.49. The maximum atomic E-state index is 6.34. The first-order valence-corrected chi connectivity index (χ1v) is 7.62. The zero-order valence-corrected chi connectivity index (χ0v) is 12.6. The van der Waals surface area contributed by atoms with Gasteiger partial charge in [0.15, 0.2) is 0 Å². The summed E-state index contributed by atoms with van der Waals surface area (Å²) in [6.07, 6.45) is 6.03. The quantitative estimate of drug-likeness (QED) is 0.749. The van der Waals surface area contributed by atoms with Crippen LogP contribution in [0.3, 0.4) is 0 Å². The summed E-state index contributed by atoms with van der Waals surface area (Å²) in [5.41, 5.74) is 2.67. The largest absolute Gasteiger partial charge is 0.487 e. The van der Waals surface area contributed by atoms with Gasteiger partial charge in [0.2, 0.25) is 0 Å². The predicted octanol–water partition coefficient (Wildman–Crippen LogP) is 3.99. The smallest absolute Gasteiger partial charge is 0.120 e. The van der Waals surface area contributed by atoms with Crippen molar-refractivity contribution >= 4 is 0 Å². The third kappa shape index (κ3) is 3.97. The molecule has 106 valence electrons. The molecule has 1 N–H and O–H groups in total. The third-order valence-electron chi connectivity index (χ3n) is 3.98. The van der Waals surface area contributed by atoms with Gasteiger partial charge in [-0.1, -0.05) is 13.0 Å². The molecule has 1 aliphatic carbocycles. The Morgan fingerprint density at radius 1 is 1.11 bits per heavy atom. The van der Waals surface area contributed by atoms with Crippen LogP contribution in [-0.2, 0) is 0 Å². The van der Waals surface area contributed by atoms with E-state index in [1.165, 1.54) is 36.8 Å². The Kier molecular flexibility index (Phi) is 4.87. The number of ether oxygens (including phenoxy) is 1. The van der Waals surface area contributed by atoms with Crippen molar-refractivity contribution in [2.45, 2.75) is 58.5 Å². The van der Waals surface area contributed by atoms with Crippen LogP contribution in [0.2, 0.25) is 0 Å². The molecule has 0 unspecified atom stereocenters. The molecular formula is C17H27NO. The topological polar surface area (TPSA) is 21.3 Å². The molecule has 19 heavy (non-hydrogen) atoms. The average Bonchev–Trinajstić information content (AvgIpc) is 2.30. The Balaban J connectivity index is 1.94. The number of aryl methyl sites for hydroxylation is 2. The van der Waals surface area contributed by atoms with Gasteiger partial charge in [0.25, 0.3) is 0 Å². The lowest BCUT2D eigenvalue weighted by Gasteiger charge is -2.42. The molecule has 0 radical (unpaired) electrons. The number of benzene rings is 1. The molecule has 1 fully saturated rings. The molecule has 0 atom stereocenters. The monoisotopic (exact) mass is 261 g/mol. The highest BCUT2D eigenvalue weighted by molar-refractivity contribution is 5.33. The lowest BCUT2D eigenvalue weighted by molar-refractivity contribution is -0.0142. The van der Waals surface area contributed by atoms with E-state index in [1.807, 2.05) is 0 Å². The highest BCUT2D eigenvalue weighted by atomic mass is 16.5. The Bertz CT molecular complexity index is 389. The highest BCUT2D eigenvalue weighted by Gasteiger charge is 2.38. The Hall–Kier alpha value is -1.02. The SMILES string of the molecule is CCCNCCC1(Oc2cc(C)cc(C)c2)CCC1. The van der Waals surface area contributed by atoms with Crippen molar-refractivity contribution in [2.24, 2.45) is 0 Å². The van der Waals surface area contributed by atoms with Crippen LogP contribution in [-0.4, -0.2) is 18.7 Å². The van der Waals surface area contributed by atoms with E-state index < -0.39 is 0 Å². The first-order chi connectivity index (χ1) is 9.13. The second-order valence-corrected chi connectivity index (χ2v) is 5.96. The molecule has 0 saturated heterocycles. The molecule has 2 heteroatoms. The normalized spacial score (nSPS) is 17.0. The first-order valence-electron chi connectivity index (χ1n) is 7.62. The summed E-state index contributed by atoms with van der Waals surface area (Å²) in [6, 6.07) is 6.52. The van der Waals surface area contributed by atoms with Crippen LogP contribution in [0.4, 0.5) is 0 Å². The Morgan fingerprint density at radius 3 is 2.32 bits per heavy atom. The molecule has 0 aliphatic heterocycles. The third-order valence-corrected chi connectivity index (χ3v) is 3.98. The summed E-state index contributed by atoms with van der Waals surface area (Å²) < 4.78 is 6.34. The predicted molar refractivity (Wildman–Crippen MR) is 80.9 cm³/mol. The molecule has 1 aromatic rings. The summed E-state index contributed by atoms with van der Waals surface area (Å²) in [7, 11) is 0. The number of nitrogens with one attached hydrogen (secondary N) is 1. The zero-order chi connectivity index (χ0) is 13.7. The Morgan fingerprint density at radius 2 is 1.79 bits per heavy atom. The molecule has 2 rings (SSSR count). The second-order valence-electron chi connectivity index (χ2n) is 5.96. The fraction of sp³-hybridized carbons (Fsp3) is 0.647. The number of rotatable bonds is 7. The molecule has 2 nitrogen and oxygen atoms in total. The van der Waals surface area contributed by atoms with Gasteiger partial charge in [-0.05, 0) is 82.3 Å². The van der Waals surface area contributed by atoms with Gasteiger partial charge < -0.3 is 10.1 Å². The molecule has 0 aromatic heterocycles. The van der Waals surface area contributed by atoms with Gasteiger partial charge in [-0.25, -0.2) is 0 Å². The van der Waals surface area contributed by atoms with Crippen molar-refractivity contribution in [2.75, 3.05) is 13.1 Å². The lowest BCUT2D eigenvalue weighted by Crippen LogP contribution is -2.45. The molecule has 0 spiro atoms. The fourth-order valence-electron chi connectivity index (χ4n) is 2.83. The minimum absolute atomic E-state index is 0.0982. The van der Waals surface area contributed by atoms with Gasteiger partial charge in [-0.15, -0.1) is 0 Å². The molecule has 1 aliphatic rings. The van der Waals surface area contributed by atoms with Crippen LogP contribution < -0.4 is 10.1 Å². The van der Waals surface area contributed by atoms with E-state index >= 15 is 0 Å². The van der Waals surface area contributed by atoms with Crippen LogP contribution in [0.1, 0.15) is 50.2 Å². The van der Waals surface area contributed by atoms with Crippen molar-refractivity contribution in [3.63, 3.8) is 0 Å². The number of hydrogen-bond acceptors (Lipinski definition) is 2. The Labute approximate surface area is 117 Å². The van der Waals surface area contributed by atoms with E-state index in [0.29, 0.717) is 0 Å². The average molecular weight is 261 g/mol. The highest BCUT2D eigenvalue weighted by Crippen LogP contribution is 2.39. The zero-order valence-electron chi connectivity index (χ0n) is 12.6. The van der Waals surface area contributed by atoms with Crippen molar-refractivity contribution in [1.82, 2.24) is 5.32 Å². The van der Waals surface area contributed by atoms with Crippen molar-refractivity contribution in [3.8, 4) is 5.75 Å². The van der Waals surface area contributed by atoms with Gasteiger partial charge in [0, 0.05) is 0 Å². The van der Waals surface area contributed by atoms with Gasteiger partial charge in [0.05, 0.1) is 0 Å². The summed E-state index contributed by atoms with van der Waals surface area (Å²) in [5.74, 6) is 1.05. The summed E-state index contributed by atoms with van der Waals surface area (Å²) >= 11 is 0. The van der Waals surface area contributed by atoms with Gasteiger partial charge in [-0.3, -0.25) is 0 Å². The second kappa shape index (κ2) is 6.42. The van der Waals surface area contributed by atoms with Crippen LogP contribution in [0.25, 0.3) is 0 Å². The van der Waals surface area contributed by atoms with Gasteiger partial charge >= 0.3 is 0 Å². The van der Waals surface area contributed by atoms with Crippen LogP contribution in [0, 0.1) is 13.8 Å². The van der Waals surface area contributed by atoms with Crippen molar-refractivity contribution in [1.29, 1.82) is 0 Å². The van der Waals surface area contributed by atoms with E-state index in [4.69, 9.17) is 4.74 Å². The maximum Gasteiger partial charge on any atom is 0.120 e. The molecule has 1 aromatic carbocycles. The molecule has 0 amide bonds. The first kappa shape index (κ1) is 14.4. The fourth-order valence-corrected chi connectivity index (χ4v) is 2.83. The minimum Gasteiger partial charge on any atom is -0.487 e. The van der Waals surface area contributed by atoms with Crippen molar-refractivity contribution in [3.05, 3.63) is 29.3 Å². The van der Waals surface area contributed by atoms with Gasteiger partial charge in [-0.2, -0.15) is 0 Å². The minimum atomic E-state index is 0.0982. The van der Waals surface area contributed by atoms with E-state index in [9.17, 15) is 0 Å². The molecule has 0 bridgehead atoms. The van der Waals surface area contributed by atoms with Crippen LogP contribution in [0.5, 0.6) is 5.75 Å². The van der Waals surface area contributed by atoms with Crippen LogP contribution in [0.15, 0.2) is 18.2 Å². The van der Waals surface area contributed by atoms with E-state index in [0.717, 1.165) is 25.3 Å². The summed E-state index contributed by atoms with van der Waals surface area (Å²) in [4.78, 5) is 0. The van der Waals surface area contributed by atoms with E-state index in [2.05, 4.69) is 44.3 Å². The molecule has 0 heterocycles. The summed E-state index contributed by atoms with van der Waals surface area (Å²) in [6.45, 7) is 8.66. The lowest BCUT2D eigenvalue weighted by atomic mass is 9.77. The molecule has 1 saturated carbocycles. The van der Waals surface area contributed by atoms with E-state index in [1.54, 1.807) is 0 Å². The maximum absolute atomic E-state index is 6.34. The molecular weight excluding hydrogens is 234 g/mol. The number of hydrogen-bond donors (Lipinski definition) is 1. The van der Waals surface area contributed by atoms with Crippen LogP contribution >= 0.6 is 0 Å². The van der Waals surface area contributed by atoms with Crippen molar-refractivity contribution < 1.29 is 4.74 Å².